The number of benzene rings is 1. The summed E-state index contributed by atoms with van der Waals surface area (Å²) in [6, 6.07) is 5.66. The number of piperazine rings is 1. The average molecular weight is 290 g/mol. The minimum absolute atomic E-state index is 0.0369. The molecule has 4 heteroatoms. The van der Waals surface area contributed by atoms with E-state index in [1.54, 1.807) is 0 Å². The van der Waals surface area contributed by atoms with Crippen LogP contribution >= 0.6 is 0 Å². The van der Waals surface area contributed by atoms with Crippen molar-refractivity contribution in [1.82, 2.24) is 9.80 Å². The smallest absolute Gasteiger partial charge is 0.128 e. The zero-order valence-electron chi connectivity index (χ0n) is 12.8. The van der Waals surface area contributed by atoms with Crippen LogP contribution in [0.1, 0.15) is 24.5 Å². The molecular formula is C17H23FN2O. The van der Waals surface area contributed by atoms with Gasteiger partial charge in [-0.15, -0.1) is 0 Å². The van der Waals surface area contributed by atoms with Gasteiger partial charge in [0.25, 0.3) is 0 Å². The van der Waals surface area contributed by atoms with E-state index in [9.17, 15) is 4.39 Å². The Bertz CT molecular complexity index is 535. The molecule has 0 amide bonds. The van der Waals surface area contributed by atoms with Crippen molar-refractivity contribution < 1.29 is 9.50 Å². The minimum atomic E-state index is -0.197. The highest BCUT2D eigenvalue weighted by Gasteiger charge is 2.21. The van der Waals surface area contributed by atoms with Crippen molar-refractivity contribution in [1.29, 1.82) is 0 Å². The van der Waals surface area contributed by atoms with Gasteiger partial charge in [-0.3, -0.25) is 4.90 Å². The standard InChI is InChI=1S/C17H23FN2O/c1-14-12-20(9-8-19(14)2)13-16-7-6-15(11-17(16)18)5-3-4-10-21/h6-7,11,14,21H,4,8-10,12-13H2,1-2H3. The van der Waals surface area contributed by atoms with Crippen molar-refractivity contribution in [2.75, 3.05) is 33.3 Å². The molecule has 1 atom stereocenters. The lowest BCUT2D eigenvalue weighted by Crippen LogP contribution is -2.49. The number of hydrogen-bond donors (Lipinski definition) is 1. The van der Waals surface area contributed by atoms with Gasteiger partial charge in [-0.2, -0.15) is 0 Å². The minimum Gasteiger partial charge on any atom is -0.395 e. The molecule has 0 bridgehead atoms. The van der Waals surface area contributed by atoms with Gasteiger partial charge in [0.15, 0.2) is 0 Å². The highest BCUT2D eigenvalue weighted by molar-refractivity contribution is 5.37. The fourth-order valence-corrected chi connectivity index (χ4v) is 2.48. The second kappa shape index (κ2) is 7.56. The maximum atomic E-state index is 14.1. The van der Waals surface area contributed by atoms with Crippen LogP contribution in [-0.2, 0) is 6.54 Å². The van der Waals surface area contributed by atoms with Gasteiger partial charge in [0.1, 0.15) is 5.82 Å². The van der Waals surface area contributed by atoms with Gasteiger partial charge in [-0.25, -0.2) is 4.39 Å². The van der Waals surface area contributed by atoms with Crippen LogP contribution in [0.3, 0.4) is 0 Å². The largest absolute Gasteiger partial charge is 0.395 e. The van der Waals surface area contributed by atoms with Crippen LogP contribution < -0.4 is 0 Å². The fourth-order valence-electron chi connectivity index (χ4n) is 2.48. The Morgan fingerprint density at radius 2 is 2.19 bits per heavy atom. The molecule has 1 aliphatic heterocycles. The number of likely N-dealkylation sites (N-methyl/N-ethyl adjacent to an activating group) is 1. The molecule has 114 valence electrons. The molecular weight excluding hydrogens is 267 g/mol. The molecule has 21 heavy (non-hydrogen) atoms. The molecule has 1 N–H and O–H groups in total. The zero-order chi connectivity index (χ0) is 15.2. The van der Waals surface area contributed by atoms with E-state index < -0.39 is 0 Å². The maximum absolute atomic E-state index is 14.1. The highest BCUT2D eigenvalue weighted by atomic mass is 19.1. The normalized spacial score (nSPS) is 20.1. The molecule has 2 rings (SSSR count). The van der Waals surface area contributed by atoms with E-state index in [-0.39, 0.29) is 12.4 Å². The van der Waals surface area contributed by atoms with Gasteiger partial charge < -0.3 is 10.0 Å². The van der Waals surface area contributed by atoms with E-state index in [0.29, 0.717) is 24.6 Å². The van der Waals surface area contributed by atoms with Crippen LogP contribution in [0.5, 0.6) is 0 Å². The molecule has 0 saturated carbocycles. The number of nitrogens with zero attached hydrogens (tertiary/aromatic N) is 2. The van der Waals surface area contributed by atoms with Crippen molar-refractivity contribution in [2.24, 2.45) is 0 Å². The molecule has 1 aromatic carbocycles. The van der Waals surface area contributed by atoms with Gasteiger partial charge in [0.05, 0.1) is 6.61 Å². The van der Waals surface area contributed by atoms with Gasteiger partial charge in [0, 0.05) is 49.8 Å². The molecule has 1 saturated heterocycles. The first-order valence-corrected chi connectivity index (χ1v) is 7.41. The molecule has 0 aliphatic carbocycles. The number of aliphatic hydroxyl groups is 1. The van der Waals surface area contributed by atoms with E-state index >= 15 is 0 Å². The van der Waals surface area contributed by atoms with Crippen molar-refractivity contribution >= 4 is 0 Å². The van der Waals surface area contributed by atoms with E-state index in [4.69, 9.17) is 5.11 Å². The summed E-state index contributed by atoms with van der Waals surface area (Å²) in [6.45, 7) is 5.84. The number of rotatable bonds is 3. The van der Waals surface area contributed by atoms with Crippen LogP contribution in [0, 0.1) is 17.7 Å². The van der Waals surface area contributed by atoms with Crippen molar-refractivity contribution in [2.45, 2.75) is 25.9 Å². The Balaban J connectivity index is 2.00. The summed E-state index contributed by atoms with van der Waals surface area (Å²) in [6.07, 6.45) is 0.419. The van der Waals surface area contributed by atoms with Crippen molar-refractivity contribution in [3.8, 4) is 11.8 Å². The number of hydrogen-bond acceptors (Lipinski definition) is 3. The molecule has 1 aliphatic rings. The lowest BCUT2D eigenvalue weighted by atomic mass is 10.1. The SMILES string of the molecule is CC1CN(Cc2ccc(C#CCCO)cc2F)CCN1C. The first-order chi connectivity index (χ1) is 10.1. The summed E-state index contributed by atoms with van der Waals surface area (Å²) >= 11 is 0. The third-order valence-corrected chi connectivity index (χ3v) is 3.96. The Labute approximate surface area is 126 Å². The molecule has 0 aromatic heterocycles. The fraction of sp³-hybridized carbons (Fsp3) is 0.529. The molecule has 1 unspecified atom stereocenters. The average Bonchev–Trinajstić information content (AvgIpc) is 2.46. The molecule has 1 aromatic rings. The second-order valence-electron chi connectivity index (χ2n) is 5.65. The molecule has 0 radical (unpaired) electrons. The summed E-state index contributed by atoms with van der Waals surface area (Å²) in [4.78, 5) is 4.62. The monoisotopic (exact) mass is 290 g/mol. The van der Waals surface area contributed by atoms with E-state index in [0.717, 1.165) is 25.2 Å². The van der Waals surface area contributed by atoms with Crippen LogP contribution in [0.2, 0.25) is 0 Å². The predicted octanol–water partition coefficient (Wildman–Crippen LogP) is 1.70. The van der Waals surface area contributed by atoms with Gasteiger partial charge in [0.2, 0.25) is 0 Å². The number of aliphatic hydroxyl groups excluding tert-OH is 1. The summed E-state index contributed by atoms with van der Waals surface area (Å²) in [7, 11) is 2.13. The van der Waals surface area contributed by atoms with Crippen molar-refractivity contribution in [3.05, 3.63) is 35.1 Å². The first kappa shape index (κ1) is 16.0. The van der Waals surface area contributed by atoms with E-state index in [1.807, 2.05) is 12.1 Å². The Hall–Kier alpha value is -1.41. The van der Waals surface area contributed by atoms with E-state index in [1.165, 1.54) is 6.07 Å². The first-order valence-electron chi connectivity index (χ1n) is 7.41. The lowest BCUT2D eigenvalue weighted by molar-refractivity contribution is 0.0991. The van der Waals surface area contributed by atoms with Gasteiger partial charge in [-0.05, 0) is 26.1 Å². The third kappa shape index (κ3) is 4.53. The zero-order valence-corrected chi connectivity index (χ0v) is 12.8. The van der Waals surface area contributed by atoms with Crippen LogP contribution in [0.25, 0.3) is 0 Å². The van der Waals surface area contributed by atoms with Gasteiger partial charge in [-0.1, -0.05) is 17.9 Å². The number of halogens is 1. The topological polar surface area (TPSA) is 26.7 Å². The molecule has 0 spiro atoms. The van der Waals surface area contributed by atoms with Crippen LogP contribution in [0.15, 0.2) is 18.2 Å². The summed E-state index contributed by atoms with van der Waals surface area (Å²) in [5, 5.41) is 8.68. The van der Waals surface area contributed by atoms with Crippen LogP contribution in [0.4, 0.5) is 4.39 Å². The van der Waals surface area contributed by atoms with Crippen molar-refractivity contribution in [3.63, 3.8) is 0 Å². The Morgan fingerprint density at radius 1 is 1.38 bits per heavy atom. The Morgan fingerprint density at radius 3 is 2.86 bits per heavy atom. The van der Waals surface area contributed by atoms with Crippen LogP contribution in [-0.4, -0.2) is 54.2 Å². The summed E-state index contributed by atoms with van der Waals surface area (Å²) in [5.74, 6) is 5.47. The third-order valence-electron chi connectivity index (χ3n) is 3.96. The molecule has 1 fully saturated rings. The summed E-state index contributed by atoms with van der Waals surface area (Å²) in [5.41, 5.74) is 1.39. The Kier molecular flexibility index (Phi) is 5.75. The molecule has 1 heterocycles. The van der Waals surface area contributed by atoms with E-state index in [2.05, 4.69) is 35.6 Å². The maximum Gasteiger partial charge on any atom is 0.128 e. The second-order valence-corrected chi connectivity index (χ2v) is 5.65. The van der Waals surface area contributed by atoms with Gasteiger partial charge >= 0.3 is 0 Å². The summed E-state index contributed by atoms with van der Waals surface area (Å²) < 4.78 is 14.1. The highest BCUT2D eigenvalue weighted by Crippen LogP contribution is 2.15. The predicted molar refractivity (Wildman–Crippen MR) is 82.3 cm³/mol. The lowest BCUT2D eigenvalue weighted by Gasteiger charge is -2.37. The quantitative estimate of drug-likeness (QED) is 0.858. The molecule has 3 nitrogen and oxygen atoms in total.